The zero-order valence-electron chi connectivity index (χ0n) is 13.7. The van der Waals surface area contributed by atoms with E-state index in [1.54, 1.807) is 9.80 Å². The molecule has 0 aliphatic rings. The highest BCUT2D eigenvalue weighted by atomic mass is 35.5. The maximum atomic E-state index is 11.7. The maximum absolute atomic E-state index is 11.7. The summed E-state index contributed by atoms with van der Waals surface area (Å²) >= 11 is 22.4. The van der Waals surface area contributed by atoms with Gasteiger partial charge in [-0.1, -0.05) is 65.7 Å². The van der Waals surface area contributed by atoms with Crippen LogP contribution in [-0.2, 0) is 9.59 Å². The fourth-order valence-electron chi connectivity index (χ4n) is 2.26. The van der Waals surface area contributed by atoms with E-state index >= 15 is 0 Å². The van der Waals surface area contributed by atoms with E-state index in [0.29, 0.717) is 26.2 Å². The Kier molecular flexibility index (Phi) is 13.5. The second-order valence-electron chi connectivity index (χ2n) is 5.20. The van der Waals surface area contributed by atoms with Crippen LogP contribution in [0.3, 0.4) is 0 Å². The molecule has 0 aliphatic heterocycles. The van der Waals surface area contributed by atoms with E-state index in [0.717, 1.165) is 32.1 Å². The zero-order chi connectivity index (χ0) is 17.8. The van der Waals surface area contributed by atoms with Crippen LogP contribution in [0.4, 0.5) is 0 Å². The van der Waals surface area contributed by atoms with Crippen molar-refractivity contribution in [3.63, 3.8) is 0 Å². The summed E-state index contributed by atoms with van der Waals surface area (Å²) in [6.07, 6.45) is 4.93. The van der Waals surface area contributed by atoms with Crippen molar-refractivity contribution in [1.29, 1.82) is 0 Å². The van der Waals surface area contributed by atoms with Gasteiger partial charge >= 0.3 is 0 Å². The van der Waals surface area contributed by atoms with Crippen LogP contribution in [0.25, 0.3) is 0 Å². The molecular weight excluding hydrogens is 382 g/mol. The zero-order valence-corrected chi connectivity index (χ0v) is 16.8. The number of alkyl halides is 4. The number of amides is 2. The molecule has 0 saturated heterocycles. The van der Waals surface area contributed by atoms with Crippen LogP contribution in [0.1, 0.15) is 46.0 Å². The van der Waals surface area contributed by atoms with Crippen molar-refractivity contribution in [2.75, 3.05) is 26.2 Å². The molecule has 8 heteroatoms. The summed E-state index contributed by atoms with van der Waals surface area (Å²) in [5.74, 6) is -0.464. The Labute approximate surface area is 159 Å². The van der Waals surface area contributed by atoms with Crippen molar-refractivity contribution in [1.82, 2.24) is 9.80 Å². The molecule has 2 amide bonds. The first kappa shape index (κ1) is 23.1. The highest BCUT2D eigenvalue weighted by Crippen LogP contribution is 2.11. The third-order valence-corrected chi connectivity index (χ3v) is 4.36. The third-order valence-electron chi connectivity index (χ3n) is 3.62. The van der Waals surface area contributed by atoms with Gasteiger partial charge in [0.15, 0.2) is 9.67 Å². The molecule has 0 rings (SSSR count). The lowest BCUT2D eigenvalue weighted by Crippen LogP contribution is -2.35. The largest absolute Gasteiger partial charge is 0.341 e. The van der Waals surface area contributed by atoms with E-state index in [-0.39, 0.29) is 11.8 Å². The summed E-state index contributed by atoms with van der Waals surface area (Å²) in [5.41, 5.74) is 0. The van der Waals surface area contributed by atoms with E-state index in [4.69, 9.17) is 46.4 Å². The number of hydrogen-bond acceptors (Lipinski definition) is 2. The molecule has 136 valence electrons. The van der Waals surface area contributed by atoms with E-state index in [1.165, 1.54) is 0 Å². The van der Waals surface area contributed by atoms with Crippen molar-refractivity contribution in [2.45, 2.75) is 55.6 Å². The maximum Gasteiger partial charge on any atom is 0.255 e. The molecule has 0 N–H and O–H groups in total. The molecule has 0 aliphatic carbocycles. The van der Waals surface area contributed by atoms with Gasteiger partial charge in [-0.25, -0.2) is 0 Å². The van der Waals surface area contributed by atoms with Gasteiger partial charge in [-0.2, -0.15) is 0 Å². The molecule has 0 radical (unpaired) electrons. The number of halogens is 4. The summed E-state index contributed by atoms with van der Waals surface area (Å²) in [6.45, 7) is 6.38. The van der Waals surface area contributed by atoms with Crippen LogP contribution >= 0.6 is 46.4 Å². The van der Waals surface area contributed by atoms with Crippen molar-refractivity contribution in [3.05, 3.63) is 0 Å². The van der Waals surface area contributed by atoms with Crippen LogP contribution in [0, 0.1) is 0 Å². The normalized spacial score (nSPS) is 11.1. The van der Waals surface area contributed by atoms with E-state index < -0.39 is 9.67 Å². The molecule has 0 bridgehead atoms. The summed E-state index contributed by atoms with van der Waals surface area (Å²) in [4.78, 5) is 24.7. The number of carbonyl (C=O) groups excluding carboxylic acids is 2. The topological polar surface area (TPSA) is 40.6 Å². The molecule has 0 heterocycles. The van der Waals surface area contributed by atoms with Gasteiger partial charge in [0, 0.05) is 26.2 Å². The minimum Gasteiger partial charge on any atom is -0.341 e. The van der Waals surface area contributed by atoms with Gasteiger partial charge in [-0.3, -0.25) is 9.59 Å². The average Bonchev–Trinajstić information content (AvgIpc) is 2.52. The molecule has 0 saturated carbocycles. The predicted octanol–water partition coefficient (Wildman–Crippen LogP) is 4.24. The highest BCUT2D eigenvalue weighted by Gasteiger charge is 2.19. The molecular formula is C15H26Cl4N2O2. The monoisotopic (exact) mass is 406 g/mol. The van der Waals surface area contributed by atoms with Crippen LogP contribution in [0.5, 0.6) is 0 Å². The fourth-order valence-corrected chi connectivity index (χ4v) is 2.81. The van der Waals surface area contributed by atoms with Crippen LogP contribution in [0.15, 0.2) is 0 Å². The molecule has 0 aromatic heterocycles. The van der Waals surface area contributed by atoms with Gasteiger partial charge < -0.3 is 9.80 Å². The van der Waals surface area contributed by atoms with E-state index in [2.05, 4.69) is 0 Å². The average molecular weight is 408 g/mol. The predicted molar refractivity (Wildman–Crippen MR) is 98.6 cm³/mol. The first-order valence-electron chi connectivity index (χ1n) is 7.98. The van der Waals surface area contributed by atoms with Gasteiger partial charge in [-0.15, -0.1) is 0 Å². The molecule has 0 spiro atoms. The number of unbranched alkanes of at least 4 members (excludes halogenated alkanes) is 4. The van der Waals surface area contributed by atoms with Crippen LogP contribution < -0.4 is 0 Å². The molecule has 0 aromatic rings. The molecule has 0 unspecified atom stereocenters. The highest BCUT2D eigenvalue weighted by molar-refractivity contribution is 6.53. The van der Waals surface area contributed by atoms with Gasteiger partial charge in [0.1, 0.15) is 0 Å². The number of carbonyl (C=O) groups is 2. The van der Waals surface area contributed by atoms with Crippen LogP contribution in [0.2, 0.25) is 0 Å². The van der Waals surface area contributed by atoms with E-state index in [1.807, 2.05) is 13.8 Å². The summed E-state index contributed by atoms with van der Waals surface area (Å²) in [5, 5.41) is 0. The third kappa shape index (κ3) is 9.85. The van der Waals surface area contributed by atoms with Gasteiger partial charge in [0.2, 0.25) is 0 Å². The molecule has 0 aromatic carbocycles. The number of nitrogens with zero attached hydrogens (tertiary/aromatic N) is 2. The Bertz CT molecular complexity index is 322. The lowest BCUT2D eigenvalue weighted by Gasteiger charge is -2.22. The Balaban J connectivity index is 3.80. The minimum atomic E-state index is -0.986. The summed E-state index contributed by atoms with van der Waals surface area (Å²) in [7, 11) is 0. The van der Waals surface area contributed by atoms with E-state index in [9.17, 15) is 9.59 Å². The lowest BCUT2D eigenvalue weighted by atomic mass is 10.1. The quantitative estimate of drug-likeness (QED) is 0.358. The first-order valence-corrected chi connectivity index (χ1v) is 9.73. The van der Waals surface area contributed by atoms with Crippen molar-refractivity contribution in [3.8, 4) is 0 Å². The smallest absolute Gasteiger partial charge is 0.255 e. The van der Waals surface area contributed by atoms with Crippen molar-refractivity contribution >= 4 is 58.2 Å². The van der Waals surface area contributed by atoms with Gasteiger partial charge in [0.05, 0.1) is 0 Å². The van der Waals surface area contributed by atoms with Crippen LogP contribution in [-0.4, -0.2) is 57.5 Å². The Hall–Kier alpha value is 0.1000. The first-order chi connectivity index (χ1) is 10.8. The minimum absolute atomic E-state index is 0.232. The fraction of sp³-hybridized carbons (Fsp3) is 0.867. The molecule has 4 nitrogen and oxygen atoms in total. The Morgan fingerprint density at radius 2 is 1.00 bits per heavy atom. The Morgan fingerprint density at radius 3 is 1.26 bits per heavy atom. The SMILES string of the molecule is CCN(CCCCCCCN(CC)C(=O)C(Cl)Cl)C(=O)C(Cl)Cl. The van der Waals surface area contributed by atoms with Gasteiger partial charge in [0.25, 0.3) is 11.8 Å². The number of rotatable bonds is 12. The standard InChI is InChI=1S/C15H26Cl4N2O2/c1-3-20(14(22)12(16)17)10-8-6-5-7-9-11-21(4-2)15(23)13(18)19/h12-13H,3-11H2,1-2H3. The van der Waals surface area contributed by atoms with Gasteiger partial charge in [-0.05, 0) is 26.7 Å². The van der Waals surface area contributed by atoms with Crippen molar-refractivity contribution < 1.29 is 9.59 Å². The second-order valence-corrected chi connectivity index (χ2v) is 7.40. The summed E-state index contributed by atoms with van der Waals surface area (Å²) in [6, 6.07) is 0. The summed E-state index contributed by atoms with van der Waals surface area (Å²) < 4.78 is 0. The molecule has 0 fully saturated rings. The Morgan fingerprint density at radius 1 is 0.696 bits per heavy atom. The second kappa shape index (κ2) is 13.4. The number of hydrogen-bond donors (Lipinski definition) is 0. The lowest BCUT2D eigenvalue weighted by molar-refractivity contribution is -0.130. The molecule has 23 heavy (non-hydrogen) atoms. The molecule has 0 atom stereocenters. The van der Waals surface area contributed by atoms with Crippen molar-refractivity contribution in [2.24, 2.45) is 0 Å².